The van der Waals surface area contributed by atoms with E-state index in [0.717, 1.165) is 12.1 Å². The molecular formula is C16H20N2O. The van der Waals surface area contributed by atoms with Crippen molar-refractivity contribution in [1.82, 2.24) is 10.3 Å². The fourth-order valence-electron chi connectivity index (χ4n) is 2.09. The molecule has 0 aliphatic carbocycles. The van der Waals surface area contributed by atoms with Gasteiger partial charge < -0.3 is 10.1 Å². The highest BCUT2D eigenvalue weighted by atomic mass is 16.5. The van der Waals surface area contributed by atoms with Crippen LogP contribution in [0.25, 0.3) is 0 Å². The Labute approximate surface area is 114 Å². The van der Waals surface area contributed by atoms with Crippen molar-refractivity contribution in [2.24, 2.45) is 0 Å². The normalized spacial score (nSPS) is 12.2. The Bertz CT molecular complexity index is 523. The molecule has 2 aromatic rings. The fourth-order valence-corrected chi connectivity index (χ4v) is 2.09. The van der Waals surface area contributed by atoms with Crippen LogP contribution in [0, 0.1) is 6.92 Å². The molecule has 0 amide bonds. The van der Waals surface area contributed by atoms with Crippen molar-refractivity contribution in [2.75, 3.05) is 7.11 Å². The van der Waals surface area contributed by atoms with Gasteiger partial charge >= 0.3 is 0 Å². The number of nitrogens with zero attached hydrogens (tertiary/aromatic N) is 1. The molecule has 0 aliphatic rings. The van der Waals surface area contributed by atoms with E-state index in [0.29, 0.717) is 11.9 Å². The molecule has 19 heavy (non-hydrogen) atoms. The van der Waals surface area contributed by atoms with Crippen LogP contribution in [0.4, 0.5) is 0 Å². The monoisotopic (exact) mass is 256 g/mol. The molecule has 3 nitrogen and oxygen atoms in total. The van der Waals surface area contributed by atoms with E-state index in [4.69, 9.17) is 4.74 Å². The third-order valence-electron chi connectivity index (χ3n) is 3.27. The Morgan fingerprint density at radius 3 is 2.63 bits per heavy atom. The summed E-state index contributed by atoms with van der Waals surface area (Å²) >= 11 is 0. The van der Waals surface area contributed by atoms with E-state index in [1.54, 1.807) is 7.11 Å². The van der Waals surface area contributed by atoms with Gasteiger partial charge in [0.05, 0.1) is 7.11 Å². The lowest BCUT2D eigenvalue weighted by Gasteiger charge is -2.16. The van der Waals surface area contributed by atoms with Gasteiger partial charge in [0.15, 0.2) is 0 Å². The first-order chi connectivity index (χ1) is 9.20. The van der Waals surface area contributed by atoms with E-state index in [2.05, 4.69) is 48.4 Å². The zero-order valence-electron chi connectivity index (χ0n) is 11.7. The molecule has 0 spiro atoms. The first kappa shape index (κ1) is 13.6. The van der Waals surface area contributed by atoms with Crippen molar-refractivity contribution >= 4 is 0 Å². The second-order valence-electron chi connectivity index (χ2n) is 4.67. The lowest BCUT2D eigenvalue weighted by Crippen LogP contribution is -2.18. The first-order valence-electron chi connectivity index (χ1n) is 6.48. The summed E-state index contributed by atoms with van der Waals surface area (Å²) in [7, 11) is 1.63. The van der Waals surface area contributed by atoms with Crippen LogP contribution < -0.4 is 10.1 Å². The topological polar surface area (TPSA) is 34.1 Å². The first-order valence-corrected chi connectivity index (χ1v) is 6.48. The van der Waals surface area contributed by atoms with Crippen LogP contribution >= 0.6 is 0 Å². The minimum Gasteiger partial charge on any atom is -0.481 e. The Kier molecular flexibility index (Phi) is 4.53. The quantitative estimate of drug-likeness (QED) is 0.891. The van der Waals surface area contributed by atoms with Crippen LogP contribution in [-0.4, -0.2) is 12.1 Å². The molecule has 100 valence electrons. The van der Waals surface area contributed by atoms with Gasteiger partial charge in [-0.05, 0) is 30.5 Å². The highest BCUT2D eigenvalue weighted by molar-refractivity contribution is 5.28. The van der Waals surface area contributed by atoms with Crippen LogP contribution in [-0.2, 0) is 6.54 Å². The average molecular weight is 256 g/mol. The molecule has 1 aromatic carbocycles. The van der Waals surface area contributed by atoms with Crippen LogP contribution in [0.1, 0.15) is 29.7 Å². The van der Waals surface area contributed by atoms with Gasteiger partial charge in [0.1, 0.15) is 0 Å². The van der Waals surface area contributed by atoms with E-state index in [-0.39, 0.29) is 0 Å². The molecule has 1 atom stereocenters. The maximum Gasteiger partial charge on any atom is 0.212 e. The zero-order valence-corrected chi connectivity index (χ0v) is 11.7. The number of nitrogens with one attached hydrogen (secondary N) is 1. The number of methoxy groups -OCH3 is 1. The molecule has 0 fully saturated rings. The molecule has 1 aromatic heterocycles. The second-order valence-corrected chi connectivity index (χ2v) is 4.67. The maximum absolute atomic E-state index is 5.05. The minimum absolute atomic E-state index is 0.323. The van der Waals surface area contributed by atoms with Crippen molar-refractivity contribution in [1.29, 1.82) is 0 Å². The van der Waals surface area contributed by atoms with Gasteiger partial charge in [-0.2, -0.15) is 0 Å². The number of ether oxygens (including phenoxy) is 1. The lowest BCUT2D eigenvalue weighted by atomic mass is 10.0. The summed E-state index contributed by atoms with van der Waals surface area (Å²) in [6.07, 6.45) is 1.84. The molecule has 0 bridgehead atoms. The van der Waals surface area contributed by atoms with Crippen molar-refractivity contribution in [3.8, 4) is 5.88 Å². The maximum atomic E-state index is 5.05. The van der Waals surface area contributed by atoms with Gasteiger partial charge in [-0.15, -0.1) is 0 Å². The number of aromatic nitrogens is 1. The number of benzene rings is 1. The number of rotatable bonds is 5. The molecule has 0 aliphatic heterocycles. The molecule has 0 saturated heterocycles. The molecular weight excluding hydrogens is 236 g/mol. The molecule has 0 radical (unpaired) electrons. The summed E-state index contributed by atoms with van der Waals surface area (Å²) in [5.74, 6) is 0.649. The van der Waals surface area contributed by atoms with Crippen molar-refractivity contribution < 1.29 is 4.74 Å². The highest BCUT2D eigenvalue weighted by Gasteiger charge is 2.07. The molecule has 1 heterocycles. The van der Waals surface area contributed by atoms with Crippen LogP contribution in [0.2, 0.25) is 0 Å². The Morgan fingerprint density at radius 1 is 1.21 bits per heavy atom. The van der Waals surface area contributed by atoms with Gasteiger partial charge in [-0.25, -0.2) is 4.98 Å². The minimum atomic E-state index is 0.323. The summed E-state index contributed by atoms with van der Waals surface area (Å²) < 4.78 is 5.05. The third kappa shape index (κ3) is 3.55. The standard InChI is InChI=1S/C16H20N2O/c1-12-6-4-5-7-15(12)13(2)17-10-14-8-9-16(19-3)18-11-14/h4-9,11,13,17H,10H2,1-3H3. The summed E-state index contributed by atoms with van der Waals surface area (Å²) in [5, 5.41) is 3.51. The number of hydrogen-bond acceptors (Lipinski definition) is 3. The summed E-state index contributed by atoms with van der Waals surface area (Å²) in [5.41, 5.74) is 3.81. The number of hydrogen-bond donors (Lipinski definition) is 1. The second kappa shape index (κ2) is 6.34. The predicted molar refractivity (Wildman–Crippen MR) is 77.2 cm³/mol. The fraction of sp³-hybridized carbons (Fsp3) is 0.312. The van der Waals surface area contributed by atoms with E-state index in [9.17, 15) is 0 Å². The van der Waals surface area contributed by atoms with Gasteiger partial charge in [-0.3, -0.25) is 0 Å². The van der Waals surface area contributed by atoms with Crippen LogP contribution in [0.15, 0.2) is 42.6 Å². The lowest BCUT2D eigenvalue weighted by molar-refractivity contribution is 0.397. The van der Waals surface area contributed by atoms with Gasteiger partial charge in [0.2, 0.25) is 5.88 Å². The molecule has 1 N–H and O–H groups in total. The number of aryl methyl sites for hydroxylation is 1. The van der Waals surface area contributed by atoms with Gasteiger partial charge in [-0.1, -0.05) is 30.3 Å². The molecule has 0 saturated carbocycles. The molecule has 2 rings (SSSR count). The predicted octanol–water partition coefficient (Wildman–Crippen LogP) is 3.25. The van der Waals surface area contributed by atoms with E-state index >= 15 is 0 Å². The van der Waals surface area contributed by atoms with Gasteiger partial charge in [0.25, 0.3) is 0 Å². The van der Waals surface area contributed by atoms with Crippen LogP contribution in [0.3, 0.4) is 0 Å². The Hall–Kier alpha value is -1.87. The average Bonchev–Trinajstić information content (AvgIpc) is 2.46. The van der Waals surface area contributed by atoms with Crippen LogP contribution in [0.5, 0.6) is 5.88 Å². The Morgan fingerprint density at radius 2 is 2.00 bits per heavy atom. The van der Waals surface area contributed by atoms with E-state index in [1.807, 2.05) is 18.3 Å². The van der Waals surface area contributed by atoms with E-state index < -0.39 is 0 Å². The summed E-state index contributed by atoms with van der Waals surface area (Å²) in [6, 6.07) is 12.7. The highest BCUT2D eigenvalue weighted by Crippen LogP contribution is 2.17. The smallest absolute Gasteiger partial charge is 0.212 e. The van der Waals surface area contributed by atoms with Crippen molar-refractivity contribution in [3.63, 3.8) is 0 Å². The zero-order chi connectivity index (χ0) is 13.7. The molecule has 3 heteroatoms. The Balaban J connectivity index is 1.96. The molecule has 1 unspecified atom stereocenters. The van der Waals surface area contributed by atoms with Crippen molar-refractivity contribution in [2.45, 2.75) is 26.4 Å². The largest absolute Gasteiger partial charge is 0.481 e. The van der Waals surface area contributed by atoms with Crippen molar-refractivity contribution in [3.05, 3.63) is 59.3 Å². The number of pyridine rings is 1. The van der Waals surface area contributed by atoms with E-state index in [1.165, 1.54) is 11.1 Å². The SMILES string of the molecule is COc1ccc(CNC(C)c2ccccc2C)cn1. The summed E-state index contributed by atoms with van der Waals surface area (Å²) in [4.78, 5) is 4.20. The van der Waals surface area contributed by atoms with Gasteiger partial charge in [0, 0.05) is 24.8 Å². The summed E-state index contributed by atoms with van der Waals surface area (Å²) in [6.45, 7) is 5.12. The third-order valence-corrected chi connectivity index (χ3v) is 3.27.